The number of nitrogens with one attached hydrogen (secondary N) is 2. The second-order valence-corrected chi connectivity index (χ2v) is 6.04. The minimum atomic E-state index is -0.292. The fourth-order valence-corrected chi connectivity index (χ4v) is 3.21. The van der Waals surface area contributed by atoms with Gasteiger partial charge in [0.05, 0.1) is 11.1 Å². The number of carbonyl (C=O) groups is 3. The topological polar surface area (TPSA) is 78.5 Å². The van der Waals surface area contributed by atoms with Gasteiger partial charge in [0.2, 0.25) is 0 Å². The summed E-state index contributed by atoms with van der Waals surface area (Å²) in [7, 11) is 0. The van der Waals surface area contributed by atoms with E-state index in [9.17, 15) is 14.4 Å². The average molecular weight is 315 g/mol. The van der Waals surface area contributed by atoms with E-state index in [1.165, 1.54) is 11.3 Å². The summed E-state index contributed by atoms with van der Waals surface area (Å²) < 4.78 is 0. The number of amides is 4. The predicted molar refractivity (Wildman–Crippen MR) is 85.2 cm³/mol. The van der Waals surface area contributed by atoms with Gasteiger partial charge in [-0.2, -0.15) is 0 Å². The van der Waals surface area contributed by atoms with E-state index in [0.717, 1.165) is 25.7 Å². The molecule has 1 fully saturated rings. The van der Waals surface area contributed by atoms with Crippen LogP contribution in [0.25, 0.3) is 0 Å². The van der Waals surface area contributed by atoms with Crippen molar-refractivity contribution in [3.63, 3.8) is 0 Å². The van der Waals surface area contributed by atoms with Crippen molar-refractivity contribution >= 4 is 17.8 Å². The van der Waals surface area contributed by atoms with E-state index in [0.29, 0.717) is 11.1 Å². The van der Waals surface area contributed by atoms with E-state index in [1.807, 2.05) is 0 Å². The van der Waals surface area contributed by atoms with Crippen LogP contribution in [0.3, 0.4) is 0 Å². The molecule has 6 heteroatoms. The first-order chi connectivity index (χ1) is 11.2. The average Bonchev–Trinajstić information content (AvgIpc) is 2.81. The van der Waals surface area contributed by atoms with Crippen LogP contribution < -0.4 is 10.6 Å². The van der Waals surface area contributed by atoms with Crippen molar-refractivity contribution in [2.75, 3.05) is 13.1 Å². The summed E-state index contributed by atoms with van der Waals surface area (Å²) in [4.78, 5) is 37.4. The molecule has 1 aromatic rings. The van der Waals surface area contributed by atoms with Gasteiger partial charge in [-0.1, -0.05) is 31.4 Å². The molecule has 0 bridgehead atoms. The highest BCUT2D eigenvalue weighted by atomic mass is 16.2. The van der Waals surface area contributed by atoms with E-state index >= 15 is 0 Å². The van der Waals surface area contributed by atoms with E-state index < -0.39 is 0 Å². The fourth-order valence-electron chi connectivity index (χ4n) is 3.21. The standard InChI is InChI=1S/C17H21N3O3/c21-15-13-8-4-5-9-14(13)16(22)20(15)11-10-18-17(23)19-12-6-2-1-3-7-12/h4-5,8-9,12H,1-3,6-7,10-11H2,(H2,18,19,23). The Morgan fingerprint density at radius 3 is 2.26 bits per heavy atom. The maximum atomic E-state index is 12.2. The Balaban J connectivity index is 1.47. The minimum absolute atomic E-state index is 0.185. The maximum Gasteiger partial charge on any atom is 0.315 e. The normalized spacial score (nSPS) is 18.0. The highest BCUT2D eigenvalue weighted by molar-refractivity contribution is 6.21. The summed E-state index contributed by atoms with van der Waals surface area (Å²) in [6, 6.07) is 6.79. The Morgan fingerprint density at radius 1 is 1.04 bits per heavy atom. The van der Waals surface area contributed by atoms with Crippen LogP contribution >= 0.6 is 0 Å². The molecule has 4 amide bonds. The molecule has 1 heterocycles. The van der Waals surface area contributed by atoms with Crippen molar-refractivity contribution in [2.45, 2.75) is 38.1 Å². The molecule has 2 aliphatic rings. The number of rotatable bonds is 4. The van der Waals surface area contributed by atoms with Crippen molar-refractivity contribution in [1.29, 1.82) is 0 Å². The van der Waals surface area contributed by atoms with Crippen molar-refractivity contribution in [3.8, 4) is 0 Å². The van der Waals surface area contributed by atoms with E-state index in [4.69, 9.17) is 0 Å². The molecule has 1 saturated carbocycles. The molecule has 1 aromatic carbocycles. The van der Waals surface area contributed by atoms with Crippen LogP contribution in [0, 0.1) is 0 Å². The zero-order valence-corrected chi connectivity index (χ0v) is 13.0. The number of nitrogens with zero attached hydrogens (tertiary/aromatic N) is 1. The first kappa shape index (κ1) is 15.5. The largest absolute Gasteiger partial charge is 0.336 e. The molecule has 1 aliphatic heterocycles. The van der Waals surface area contributed by atoms with Gasteiger partial charge in [0, 0.05) is 19.1 Å². The van der Waals surface area contributed by atoms with Crippen LogP contribution in [0.5, 0.6) is 0 Å². The van der Waals surface area contributed by atoms with Crippen LogP contribution in [-0.2, 0) is 0 Å². The second kappa shape index (κ2) is 6.81. The molecule has 23 heavy (non-hydrogen) atoms. The molecule has 6 nitrogen and oxygen atoms in total. The number of imide groups is 1. The molecule has 0 atom stereocenters. The zero-order valence-electron chi connectivity index (χ0n) is 13.0. The van der Waals surface area contributed by atoms with Crippen LogP contribution in [-0.4, -0.2) is 41.9 Å². The zero-order chi connectivity index (χ0) is 16.2. The van der Waals surface area contributed by atoms with Crippen LogP contribution in [0.1, 0.15) is 52.8 Å². The monoisotopic (exact) mass is 315 g/mol. The number of hydrogen-bond acceptors (Lipinski definition) is 3. The van der Waals surface area contributed by atoms with Crippen LogP contribution in [0.4, 0.5) is 4.79 Å². The quantitative estimate of drug-likeness (QED) is 0.833. The van der Waals surface area contributed by atoms with Crippen LogP contribution in [0.15, 0.2) is 24.3 Å². The van der Waals surface area contributed by atoms with Gasteiger partial charge in [0.15, 0.2) is 0 Å². The molecule has 0 unspecified atom stereocenters. The minimum Gasteiger partial charge on any atom is -0.336 e. The van der Waals surface area contributed by atoms with Gasteiger partial charge in [-0.25, -0.2) is 4.79 Å². The summed E-state index contributed by atoms with van der Waals surface area (Å²) in [5.41, 5.74) is 0.869. The fraction of sp³-hybridized carbons (Fsp3) is 0.471. The summed E-state index contributed by atoms with van der Waals surface area (Å²) >= 11 is 0. The number of benzene rings is 1. The van der Waals surface area contributed by atoms with Gasteiger partial charge in [-0.15, -0.1) is 0 Å². The lowest BCUT2D eigenvalue weighted by Gasteiger charge is -2.23. The van der Waals surface area contributed by atoms with Crippen LogP contribution in [0.2, 0.25) is 0 Å². The van der Waals surface area contributed by atoms with Gasteiger partial charge in [0.1, 0.15) is 0 Å². The first-order valence-corrected chi connectivity index (χ1v) is 8.16. The molecule has 2 N–H and O–H groups in total. The lowest BCUT2D eigenvalue weighted by molar-refractivity contribution is 0.0655. The third-order valence-electron chi connectivity index (χ3n) is 4.44. The molecule has 3 rings (SSSR count). The van der Waals surface area contributed by atoms with Crippen molar-refractivity contribution in [2.24, 2.45) is 0 Å². The Bertz CT molecular complexity index is 588. The van der Waals surface area contributed by atoms with Gasteiger partial charge in [-0.3, -0.25) is 14.5 Å². The van der Waals surface area contributed by atoms with E-state index in [1.54, 1.807) is 24.3 Å². The number of hydrogen-bond donors (Lipinski definition) is 2. The Kier molecular flexibility index (Phi) is 4.60. The number of urea groups is 1. The first-order valence-electron chi connectivity index (χ1n) is 8.16. The summed E-state index contributed by atoms with van der Waals surface area (Å²) in [6.07, 6.45) is 5.58. The van der Waals surface area contributed by atoms with Gasteiger partial charge < -0.3 is 10.6 Å². The molecule has 0 radical (unpaired) electrons. The lowest BCUT2D eigenvalue weighted by Crippen LogP contribution is -2.45. The second-order valence-electron chi connectivity index (χ2n) is 6.04. The molecule has 0 spiro atoms. The van der Waals surface area contributed by atoms with Crippen molar-refractivity contribution in [3.05, 3.63) is 35.4 Å². The highest BCUT2D eigenvalue weighted by Gasteiger charge is 2.34. The Labute approximate surface area is 135 Å². The number of carbonyl (C=O) groups excluding carboxylic acids is 3. The van der Waals surface area contributed by atoms with Gasteiger partial charge in [0.25, 0.3) is 11.8 Å². The molecular weight excluding hydrogens is 294 g/mol. The summed E-state index contributed by atoms with van der Waals surface area (Å²) in [6.45, 7) is 0.439. The molecule has 1 aliphatic carbocycles. The molecule has 122 valence electrons. The summed E-state index contributed by atoms with van der Waals surface area (Å²) in [5.74, 6) is -0.583. The lowest BCUT2D eigenvalue weighted by atomic mass is 9.96. The number of fused-ring (bicyclic) bond motifs is 1. The van der Waals surface area contributed by atoms with E-state index in [2.05, 4.69) is 10.6 Å². The highest BCUT2D eigenvalue weighted by Crippen LogP contribution is 2.21. The van der Waals surface area contributed by atoms with Crippen molar-refractivity contribution in [1.82, 2.24) is 15.5 Å². The van der Waals surface area contributed by atoms with Gasteiger partial charge in [-0.05, 0) is 25.0 Å². The Hall–Kier alpha value is -2.37. The van der Waals surface area contributed by atoms with E-state index in [-0.39, 0.29) is 37.0 Å². The predicted octanol–water partition coefficient (Wildman–Crippen LogP) is 1.91. The summed E-state index contributed by atoms with van der Waals surface area (Å²) in [5, 5.41) is 5.67. The molecule has 0 aromatic heterocycles. The third kappa shape index (κ3) is 3.36. The van der Waals surface area contributed by atoms with Gasteiger partial charge >= 0.3 is 6.03 Å². The smallest absolute Gasteiger partial charge is 0.315 e. The molecule has 0 saturated heterocycles. The molecular formula is C17H21N3O3. The SMILES string of the molecule is O=C(NCCN1C(=O)c2ccccc2C1=O)NC1CCCCC1. The Morgan fingerprint density at radius 2 is 1.65 bits per heavy atom. The van der Waals surface area contributed by atoms with Crippen molar-refractivity contribution < 1.29 is 14.4 Å². The third-order valence-corrected chi connectivity index (χ3v) is 4.44. The maximum absolute atomic E-state index is 12.2.